The van der Waals surface area contributed by atoms with E-state index in [1.807, 2.05) is 30.3 Å². The average Bonchev–Trinajstić information content (AvgIpc) is 2.80. The number of hydrogen-bond donors (Lipinski definition) is 0. The Bertz CT molecular complexity index is 806. The number of nitro groups is 1. The molecule has 0 saturated heterocycles. The van der Waals surface area contributed by atoms with Crippen LogP contribution in [0, 0.1) is 10.1 Å². The zero-order valence-electron chi connectivity index (χ0n) is 9.65. The molecule has 0 aliphatic rings. The molecule has 0 fully saturated rings. The summed E-state index contributed by atoms with van der Waals surface area (Å²) in [6.45, 7) is 0. The van der Waals surface area contributed by atoms with Crippen molar-refractivity contribution < 1.29 is 4.92 Å². The van der Waals surface area contributed by atoms with Crippen LogP contribution in [0.5, 0.6) is 0 Å². The van der Waals surface area contributed by atoms with Gasteiger partial charge in [-0.15, -0.1) is 22.7 Å². The maximum absolute atomic E-state index is 10.7. The van der Waals surface area contributed by atoms with Crippen LogP contribution in [-0.2, 0) is 0 Å². The molecule has 0 atom stereocenters. The van der Waals surface area contributed by atoms with Gasteiger partial charge in [-0.2, -0.15) is 0 Å². The van der Waals surface area contributed by atoms with E-state index >= 15 is 0 Å². The van der Waals surface area contributed by atoms with Crippen molar-refractivity contribution in [1.82, 2.24) is 0 Å². The van der Waals surface area contributed by atoms with Crippen LogP contribution in [0.3, 0.4) is 0 Å². The molecule has 19 heavy (non-hydrogen) atoms. The summed E-state index contributed by atoms with van der Waals surface area (Å²) in [6.07, 6.45) is 0. The second-order valence-electron chi connectivity index (χ2n) is 3.81. The monoisotopic (exact) mass is 288 g/mol. The van der Waals surface area contributed by atoms with Gasteiger partial charge in [-0.3, -0.25) is 10.1 Å². The van der Waals surface area contributed by atoms with Crippen LogP contribution in [-0.4, -0.2) is 4.92 Å². The first kappa shape index (κ1) is 12.0. The Morgan fingerprint density at radius 2 is 1.74 bits per heavy atom. The lowest BCUT2D eigenvalue weighted by Gasteiger charge is -1.89. The lowest BCUT2D eigenvalue weighted by Crippen LogP contribution is -1.85. The van der Waals surface area contributed by atoms with Gasteiger partial charge >= 0.3 is 0 Å². The summed E-state index contributed by atoms with van der Waals surface area (Å²) in [5.74, 6) is 0. The van der Waals surface area contributed by atoms with E-state index in [1.165, 1.54) is 17.4 Å². The van der Waals surface area contributed by atoms with Crippen molar-refractivity contribution >= 4 is 43.4 Å². The van der Waals surface area contributed by atoms with Crippen LogP contribution in [0.1, 0.15) is 0 Å². The van der Waals surface area contributed by atoms with Gasteiger partial charge in [-0.1, -0.05) is 18.2 Å². The Morgan fingerprint density at radius 1 is 1.00 bits per heavy atom. The number of hydrogen-bond acceptors (Lipinski definition) is 5. The number of nitro benzene ring substituents is 1. The Morgan fingerprint density at radius 3 is 2.47 bits per heavy atom. The van der Waals surface area contributed by atoms with Crippen LogP contribution in [0.15, 0.2) is 53.5 Å². The summed E-state index contributed by atoms with van der Waals surface area (Å²) in [7, 11) is 0. The van der Waals surface area contributed by atoms with Gasteiger partial charge in [-0.25, -0.2) is 4.99 Å². The van der Waals surface area contributed by atoms with Gasteiger partial charge < -0.3 is 0 Å². The number of benzene rings is 2. The van der Waals surface area contributed by atoms with Crippen molar-refractivity contribution in [2.24, 2.45) is 4.99 Å². The van der Waals surface area contributed by atoms with E-state index in [4.69, 9.17) is 0 Å². The summed E-state index contributed by atoms with van der Waals surface area (Å²) in [5, 5.41) is 10.7. The van der Waals surface area contributed by atoms with E-state index in [2.05, 4.69) is 4.99 Å². The summed E-state index contributed by atoms with van der Waals surface area (Å²) in [6, 6.07) is 14.6. The number of non-ortho nitro benzene ring substituents is 1. The molecule has 94 valence electrons. The minimum absolute atomic E-state index is 0.118. The highest BCUT2D eigenvalue weighted by molar-refractivity contribution is 7.35. The minimum Gasteiger partial charge on any atom is -0.258 e. The highest BCUT2D eigenvalue weighted by atomic mass is 32.2. The average molecular weight is 288 g/mol. The first-order chi connectivity index (χ1) is 9.22. The molecule has 0 radical (unpaired) electrons. The third-order valence-electron chi connectivity index (χ3n) is 2.51. The normalized spacial score (nSPS) is 11.9. The van der Waals surface area contributed by atoms with E-state index in [1.54, 1.807) is 23.5 Å². The second kappa shape index (κ2) is 4.91. The molecular formula is C13H8N2O2S2. The second-order valence-corrected chi connectivity index (χ2v) is 6.13. The first-order valence-electron chi connectivity index (χ1n) is 5.50. The van der Waals surface area contributed by atoms with Crippen LogP contribution < -0.4 is 3.98 Å². The molecular weight excluding hydrogens is 280 g/mol. The van der Waals surface area contributed by atoms with Crippen LogP contribution in [0.2, 0.25) is 0 Å². The standard InChI is InChI=1S/C13H8N2O2S2/c16-15(17)10-6-7-11-12(8-10)19-13(18-11)14-9-4-2-1-3-5-9/h1-8H/b14-13+. The predicted octanol–water partition coefficient (Wildman–Crippen LogP) is 4.10. The molecule has 0 bridgehead atoms. The zero-order valence-corrected chi connectivity index (χ0v) is 11.3. The van der Waals surface area contributed by atoms with Crippen molar-refractivity contribution in [1.29, 1.82) is 0 Å². The van der Waals surface area contributed by atoms with Crippen molar-refractivity contribution in [2.75, 3.05) is 0 Å². The summed E-state index contributed by atoms with van der Waals surface area (Å²) >= 11 is 3.01. The molecule has 3 aromatic rings. The fraction of sp³-hybridized carbons (Fsp3) is 0. The molecule has 4 nitrogen and oxygen atoms in total. The van der Waals surface area contributed by atoms with Gasteiger partial charge in [-0.05, 0) is 18.2 Å². The molecule has 6 heteroatoms. The minimum atomic E-state index is -0.377. The predicted molar refractivity (Wildman–Crippen MR) is 78.0 cm³/mol. The van der Waals surface area contributed by atoms with Gasteiger partial charge in [0.1, 0.15) is 0 Å². The van der Waals surface area contributed by atoms with Crippen molar-refractivity contribution in [3.05, 3.63) is 62.6 Å². The number of fused-ring (bicyclic) bond motifs is 1. The molecule has 1 aromatic heterocycles. The van der Waals surface area contributed by atoms with Crippen molar-refractivity contribution in [2.45, 2.75) is 0 Å². The van der Waals surface area contributed by atoms with E-state index in [0.717, 1.165) is 19.1 Å². The number of rotatable bonds is 2. The Labute approximate surface area is 116 Å². The van der Waals surface area contributed by atoms with Gasteiger partial charge in [0.2, 0.25) is 0 Å². The fourth-order valence-electron chi connectivity index (χ4n) is 1.64. The molecule has 0 aliphatic carbocycles. The fourth-order valence-corrected chi connectivity index (χ4v) is 3.91. The van der Waals surface area contributed by atoms with E-state index < -0.39 is 0 Å². The molecule has 0 amide bonds. The van der Waals surface area contributed by atoms with Crippen LogP contribution >= 0.6 is 22.7 Å². The molecule has 0 aliphatic heterocycles. The Kier molecular flexibility index (Phi) is 3.10. The van der Waals surface area contributed by atoms with Gasteiger partial charge in [0.05, 0.1) is 15.3 Å². The zero-order chi connectivity index (χ0) is 13.2. The molecule has 1 heterocycles. The third kappa shape index (κ3) is 2.54. The topological polar surface area (TPSA) is 55.5 Å². The largest absolute Gasteiger partial charge is 0.270 e. The molecule has 0 saturated carbocycles. The smallest absolute Gasteiger partial charge is 0.258 e. The summed E-state index contributed by atoms with van der Waals surface area (Å²) in [4.78, 5) is 14.9. The van der Waals surface area contributed by atoms with Crippen molar-refractivity contribution in [3.63, 3.8) is 0 Å². The van der Waals surface area contributed by atoms with Gasteiger partial charge in [0.25, 0.3) is 5.69 Å². The molecule has 0 unspecified atom stereocenters. The van der Waals surface area contributed by atoms with Crippen LogP contribution in [0.25, 0.3) is 9.40 Å². The van der Waals surface area contributed by atoms with E-state index in [-0.39, 0.29) is 10.6 Å². The lowest BCUT2D eigenvalue weighted by molar-refractivity contribution is -0.384. The quantitative estimate of drug-likeness (QED) is 0.526. The van der Waals surface area contributed by atoms with E-state index in [9.17, 15) is 10.1 Å². The third-order valence-corrected chi connectivity index (χ3v) is 4.80. The first-order valence-corrected chi connectivity index (χ1v) is 7.13. The highest BCUT2D eigenvalue weighted by Crippen LogP contribution is 2.26. The highest BCUT2D eigenvalue weighted by Gasteiger charge is 2.07. The summed E-state index contributed by atoms with van der Waals surface area (Å²) < 4.78 is 2.81. The molecule has 2 aromatic carbocycles. The van der Waals surface area contributed by atoms with Gasteiger partial charge in [0.15, 0.2) is 3.98 Å². The van der Waals surface area contributed by atoms with Gasteiger partial charge in [0, 0.05) is 16.8 Å². The Balaban J connectivity index is 2.12. The SMILES string of the molecule is O=[N+]([O-])c1ccc2s/c(=N\c3ccccc3)sc2c1. The van der Waals surface area contributed by atoms with Crippen molar-refractivity contribution in [3.8, 4) is 0 Å². The van der Waals surface area contributed by atoms with E-state index in [0.29, 0.717) is 0 Å². The molecule has 0 N–H and O–H groups in total. The molecule has 3 rings (SSSR count). The van der Waals surface area contributed by atoms with Crippen LogP contribution in [0.4, 0.5) is 11.4 Å². The maximum atomic E-state index is 10.7. The number of para-hydroxylation sites is 1. The lowest BCUT2D eigenvalue weighted by atomic mass is 10.3. The summed E-state index contributed by atoms with van der Waals surface area (Å²) in [5.41, 5.74) is 1.01. The Hall–Kier alpha value is -2.05. The maximum Gasteiger partial charge on any atom is 0.270 e. The molecule has 0 spiro atoms. The number of nitrogens with zero attached hydrogens (tertiary/aromatic N) is 2.